The molecule has 2 aliphatic heterocycles. The number of fused-ring (bicyclic) bond motifs is 4. The highest BCUT2D eigenvalue weighted by atomic mass is 16.5. The van der Waals surface area contributed by atoms with E-state index in [0.717, 1.165) is 30.9 Å². The minimum Gasteiger partial charge on any atom is -0.466 e. The Labute approximate surface area is 184 Å². The Hall–Kier alpha value is -3.07. The lowest BCUT2D eigenvalue weighted by Crippen LogP contribution is -2.55. The van der Waals surface area contributed by atoms with Gasteiger partial charge in [-0.25, -0.2) is 5.01 Å². The summed E-state index contributed by atoms with van der Waals surface area (Å²) in [6.45, 7) is 2.36. The SMILES string of the molecule is CC1CCC2(CC1)Oc1ccccc1[C@H]1CC(c3ccc(-c4ccccc4)cc3)=NN12. The maximum Gasteiger partial charge on any atom is 0.198 e. The van der Waals surface area contributed by atoms with Gasteiger partial charge in [0, 0.05) is 24.8 Å². The van der Waals surface area contributed by atoms with Crippen molar-refractivity contribution in [1.29, 1.82) is 0 Å². The van der Waals surface area contributed by atoms with E-state index in [9.17, 15) is 0 Å². The third-order valence-corrected chi connectivity index (χ3v) is 7.29. The number of hydrogen-bond acceptors (Lipinski definition) is 3. The first-order chi connectivity index (χ1) is 15.2. The van der Waals surface area contributed by atoms with Gasteiger partial charge in [-0.15, -0.1) is 0 Å². The zero-order chi connectivity index (χ0) is 20.8. The van der Waals surface area contributed by atoms with E-state index in [4.69, 9.17) is 9.84 Å². The smallest absolute Gasteiger partial charge is 0.198 e. The first kappa shape index (κ1) is 18.7. The van der Waals surface area contributed by atoms with Crippen LogP contribution in [0, 0.1) is 5.92 Å². The fourth-order valence-corrected chi connectivity index (χ4v) is 5.43. The summed E-state index contributed by atoms with van der Waals surface area (Å²) in [5, 5.41) is 7.53. The molecule has 0 aromatic heterocycles. The fraction of sp³-hybridized carbons (Fsp3) is 0.321. The van der Waals surface area contributed by atoms with Crippen molar-refractivity contribution in [3.05, 3.63) is 90.0 Å². The highest BCUT2D eigenvalue weighted by Crippen LogP contribution is 2.51. The summed E-state index contributed by atoms with van der Waals surface area (Å²) in [6, 6.07) is 28.3. The number of ether oxygens (including phenoxy) is 1. The maximum absolute atomic E-state index is 6.70. The highest BCUT2D eigenvalue weighted by Gasteiger charge is 2.51. The molecular formula is C28H28N2O. The van der Waals surface area contributed by atoms with Crippen molar-refractivity contribution in [2.45, 2.75) is 50.8 Å². The van der Waals surface area contributed by atoms with Gasteiger partial charge in [-0.05, 0) is 41.5 Å². The normalized spacial score (nSPS) is 26.7. The lowest BCUT2D eigenvalue weighted by molar-refractivity contribution is -0.145. The number of hydrazone groups is 1. The molecule has 0 unspecified atom stereocenters. The predicted molar refractivity (Wildman–Crippen MR) is 125 cm³/mol. The minimum absolute atomic E-state index is 0.266. The molecule has 2 heterocycles. The number of nitrogens with zero attached hydrogens (tertiary/aromatic N) is 2. The molecule has 3 aromatic carbocycles. The molecule has 1 atom stereocenters. The zero-order valence-electron chi connectivity index (χ0n) is 18.0. The Morgan fingerprint density at radius 2 is 1.45 bits per heavy atom. The highest BCUT2D eigenvalue weighted by molar-refractivity contribution is 6.02. The van der Waals surface area contributed by atoms with Crippen molar-refractivity contribution in [3.63, 3.8) is 0 Å². The van der Waals surface area contributed by atoms with Gasteiger partial charge in [0.15, 0.2) is 5.72 Å². The average Bonchev–Trinajstić information content (AvgIpc) is 3.29. The topological polar surface area (TPSA) is 24.8 Å². The maximum atomic E-state index is 6.70. The molecular weight excluding hydrogens is 380 g/mol. The van der Waals surface area contributed by atoms with Crippen molar-refractivity contribution >= 4 is 5.71 Å². The number of rotatable bonds is 2. The Morgan fingerprint density at radius 3 is 2.23 bits per heavy atom. The predicted octanol–water partition coefficient (Wildman–Crippen LogP) is 6.80. The van der Waals surface area contributed by atoms with Crippen molar-refractivity contribution in [2.75, 3.05) is 0 Å². The number of hydrogen-bond donors (Lipinski definition) is 0. The largest absolute Gasteiger partial charge is 0.466 e. The molecule has 0 saturated heterocycles. The Balaban J connectivity index is 1.35. The van der Waals surface area contributed by atoms with Crippen LogP contribution in [0.4, 0.5) is 0 Å². The molecule has 31 heavy (non-hydrogen) atoms. The summed E-state index contributed by atoms with van der Waals surface area (Å²) in [7, 11) is 0. The van der Waals surface area contributed by atoms with Gasteiger partial charge in [0.2, 0.25) is 0 Å². The molecule has 156 valence electrons. The summed E-state index contributed by atoms with van der Waals surface area (Å²) in [4.78, 5) is 0. The van der Waals surface area contributed by atoms with E-state index in [1.807, 2.05) is 0 Å². The second-order valence-corrected chi connectivity index (χ2v) is 9.32. The Kier molecular flexibility index (Phi) is 4.38. The summed E-state index contributed by atoms with van der Waals surface area (Å²) in [5.74, 6) is 1.82. The second kappa shape index (κ2) is 7.26. The van der Waals surface area contributed by atoms with Crippen LogP contribution in [-0.4, -0.2) is 16.4 Å². The summed E-state index contributed by atoms with van der Waals surface area (Å²) in [6.07, 6.45) is 5.41. The van der Waals surface area contributed by atoms with E-state index in [1.165, 1.54) is 40.8 Å². The molecule has 1 aliphatic carbocycles. The summed E-state index contributed by atoms with van der Waals surface area (Å²) >= 11 is 0. The van der Waals surface area contributed by atoms with E-state index in [1.54, 1.807) is 0 Å². The van der Waals surface area contributed by atoms with Crippen LogP contribution in [-0.2, 0) is 0 Å². The van der Waals surface area contributed by atoms with Crippen LogP contribution in [0.3, 0.4) is 0 Å². The minimum atomic E-state index is -0.294. The van der Waals surface area contributed by atoms with E-state index >= 15 is 0 Å². The first-order valence-corrected chi connectivity index (χ1v) is 11.5. The molecule has 3 aromatic rings. The third kappa shape index (κ3) is 3.15. The van der Waals surface area contributed by atoms with Crippen LogP contribution in [0.2, 0.25) is 0 Å². The lowest BCUT2D eigenvalue weighted by Gasteiger charge is -2.50. The van der Waals surface area contributed by atoms with E-state index < -0.39 is 0 Å². The van der Waals surface area contributed by atoms with Gasteiger partial charge in [-0.1, -0.05) is 79.7 Å². The van der Waals surface area contributed by atoms with Crippen molar-refractivity contribution < 1.29 is 4.74 Å². The molecule has 1 saturated carbocycles. The van der Waals surface area contributed by atoms with Gasteiger partial charge >= 0.3 is 0 Å². The average molecular weight is 409 g/mol. The summed E-state index contributed by atoms with van der Waals surface area (Å²) < 4.78 is 6.70. The molecule has 3 aliphatic rings. The molecule has 0 amide bonds. The molecule has 3 heteroatoms. The zero-order valence-corrected chi connectivity index (χ0v) is 18.0. The van der Waals surface area contributed by atoms with Crippen molar-refractivity contribution in [2.24, 2.45) is 11.0 Å². The van der Waals surface area contributed by atoms with E-state index in [0.29, 0.717) is 0 Å². The molecule has 0 bridgehead atoms. The van der Waals surface area contributed by atoms with Crippen LogP contribution >= 0.6 is 0 Å². The van der Waals surface area contributed by atoms with E-state index in [-0.39, 0.29) is 11.8 Å². The first-order valence-electron chi connectivity index (χ1n) is 11.5. The lowest BCUT2D eigenvalue weighted by atomic mass is 9.82. The fourth-order valence-electron chi connectivity index (χ4n) is 5.43. The van der Waals surface area contributed by atoms with Gasteiger partial charge in [-0.2, -0.15) is 5.10 Å². The van der Waals surface area contributed by atoms with E-state index in [2.05, 4.69) is 90.8 Å². The summed E-state index contributed by atoms with van der Waals surface area (Å²) in [5.41, 5.74) is 5.85. The van der Waals surface area contributed by atoms with Crippen molar-refractivity contribution in [1.82, 2.24) is 5.01 Å². The molecule has 6 rings (SSSR count). The quantitative estimate of drug-likeness (QED) is 0.466. The molecule has 0 N–H and O–H groups in total. The van der Waals surface area contributed by atoms with Gasteiger partial charge in [0.05, 0.1) is 11.8 Å². The molecule has 1 fully saturated rings. The third-order valence-electron chi connectivity index (χ3n) is 7.29. The molecule has 1 spiro atoms. The van der Waals surface area contributed by atoms with Crippen LogP contribution in [0.1, 0.15) is 56.2 Å². The van der Waals surface area contributed by atoms with Crippen molar-refractivity contribution in [3.8, 4) is 16.9 Å². The second-order valence-electron chi connectivity index (χ2n) is 9.32. The van der Waals surface area contributed by atoms with Crippen LogP contribution < -0.4 is 4.74 Å². The molecule has 0 radical (unpaired) electrons. The number of benzene rings is 3. The van der Waals surface area contributed by atoms with Crippen LogP contribution in [0.5, 0.6) is 5.75 Å². The monoisotopic (exact) mass is 408 g/mol. The van der Waals surface area contributed by atoms with Gasteiger partial charge in [0.25, 0.3) is 0 Å². The van der Waals surface area contributed by atoms with Gasteiger partial charge < -0.3 is 4.74 Å². The van der Waals surface area contributed by atoms with Crippen LogP contribution in [0.15, 0.2) is 84.0 Å². The van der Waals surface area contributed by atoms with Gasteiger partial charge in [0.1, 0.15) is 5.75 Å². The Bertz CT molecular complexity index is 1110. The van der Waals surface area contributed by atoms with Crippen LogP contribution in [0.25, 0.3) is 11.1 Å². The number of para-hydroxylation sites is 1. The molecule has 3 nitrogen and oxygen atoms in total. The Morgan fingerprint density at radius 1 is 0.806 bits per heavy atom. The standard InChI is InChI=1S/C28H28N2O/c1-20-15-17-28(18-16-20)30-26(24-9-5-6-10-27(24)31-28)19-25(29-30)23-13-11-22(12-14-23)21-7-3-2-4-8-21/h2-14,20,26H,15-19H2,1H3/t20?,26-,28?/m1/s1. The van der Waals surface area contributed by atoms with Gasteiger partial charge in [-0.3, -0.25) is 0 Å².